The largest absolute Gasteiger partial charge is 0.471 e. The molecule has 1 aliphatic carbocycles. The number of halogens is 3. The lowest BCUT2D eigenvalue weighted by Gasteiger charge is -2.33. The Morgan fingerprint density at radius 3 is 2.56 bits per heavy atom. The number of alkyl halides is 3. The summed E-state index contributed by atoms with van der Waals surface area (Å²) in [5, 5.41) is 4.53. The fourth-order valence-corrected chi connectivity index (χ4v) is 4.53. The fourth-order valence-electron chi connectivity index (χ4n) is 3.70. The molecule has 0 bridgehead atoms. The molecule has 0 aromatic carbocycles. The van der Waals surface area contributed by atoms with E-state index in [0.717, 1.165) is 32.1 Å². The van der Waals surface area contributed by atoms with E-state index < -0.39 is 30.1 Å². The highest BCUT2D eigenvalue weighted by Gasteiger charge is 2.48. The third-order valence-electron chi connectivity index (χ3n) is 5.00. The summed E-state index contributed by atoms with van der Waals surface area (Å²) >= 11 is 1.17. The Morgan fingerprint density at radius 2 is 2.00 bits per heavy atom. The molecule has 1 saturated heterocycles. The standard InChI is InChI=1S/C18H23F3N2O3S/c19-18(20,21)17(25)23(11-13-7-3-9-26-13)15(14-8-4-10-27-14)16(24)22-12-5-1-2-6-12/h4,8,10,12-13,15H,1-3,5-7,9,11H2,(H,22,24)/t13-,15+/m0/s1. The summed E-state index contributed by atoms with van der Waals surface area (Å²) in [6.45, 7) is 0.204. The number of amides is 2. The first-order chi connectivity index (χ1) is 12.9. The van der Waals surface area contributed by atoms with Crippen molar-refractivity contribution in [3.63, 3.8) is 0 Å². The van der Waals surface area contributed by atoms with E-state index in [0.29, 0.717) is 22.8 Å². The van der Waals surface area contributed by atoms with Crippen molar-refractivity contribution in [3.8, 4) is 0 Å². The van der Waals surface area contributed by atoms with Crippen molar-refractivity contribution in [1.29, 1.82) is 0 Å². The predicted octanol–water partition coefficient (Wildman–Crippen LogP) is 3.42. The fraction of sp³-hybridized carbons (Fsp3) is 0.667. The molecule has 150 valence electrons. The molecule has 1 aliphatic heterocycles. The second kappa shape index (κ2) is 8.60. The van der Waals surface area contributed by atoms with Crippen LogP contribution >= 0.6 is 11.3 Å². The van der Waals surface area contributed by atoms with Crippen molar-refractivity contribution < 1.29 is 27.5 Å². The summed E-state index contributed by atoms with van der Waals surface area (Å²) < 4.78 is 45.3. The molecule has 9 heteroatoms. The second-order valence-electron chi connectivity index (χ2n) is 7.00. The molecule has 0 unspecified atom stereocenters. The minimum Gasteiger partial charge on any atom is -0.376 e. The van der Waals surface area contributed by atoms with Gasteiger partial charge in [-0.1, -0.05) is 18.9 Å². The highest BCUT2D eigenvalue weighted by Crippen LogP contribution is 2.32. The van der Waals surface area contributed by atoms with Crippen LogP contribution in [0.1, 0.15) is 49.4 Å². The van der Waals surface area contributed by atoms with E-state index in [4.69, 9.17) is 4.74 Å². The third kappa shape index (κ3) is 5.01. The van der Waals surface area contributed by atoms with E-state index in [2.05, 4.69) is 5.32 Å². The van der Waals surface area contributed by atoms with Crippen LogP contribution in [0.4, 0.5) is 13.2 Å². The smallest absolute Gasteiger partial charge is 0.376 e. The van der Waals surface area contributed by atoms with Crippen molar-refractivity contribution in [2.45, 2.75) is 62.9 Å². The molecular formula is C18H23F3N2O3S. The Bertz CT molecular complexity index is 639. The number of carbonyl (C=O) groups excluding carboxylic acids is 2. The number of carbonyl (C=O) groups is 2. The van der Waals surface area contributed by atoms with Gasteiger partial charge >= 0.3 is 12.1 Å². The minimum atomic E-state index is -5.05. The average molecular weight is 404 g/mol. The van der Waals surface area contributed by atoms with Crippen molar-refractivity contribution in [3.05, 3.63) is 22.4 Å². The third-order valence-corrected chi connectivity index (χ3v) is 5.93. The topological polar surface area (TPSA) is 58.6 Å². The summed E-state index contributed by atoms with van der Waals surface area (Å²) in [6, 6.07) is 1.91. The van der Waals surface area contributed by atoms with Crippen LogP contribution in [0.2, 0.25) is 0 Å². The maximum atomic E-state index is 13.3. The molecule has 2 fully saturated rings. The molecule has 2 aliphatic rings. The quantitative estimate of drug-likeness (QED) is 0.791. The van der Waals surface area contributed by atoms with Crippen molar-refractivity contribution >= 4 is 23.2 Å². The highest BCUT2D eigenvalue weighted by atomic mass is 32.1. The molecule has 3 rings (SSSR count). The van der Waals surface area contributed by atoms with Crippen LogP contribution in [-0.2, 0) is 14.3 Å². The molecule has 0 spiro atoms. The Labute approximate surface area is 159 Å². The van der Waals surface area contributed by atoms with E-state index in [1.54, 1.807) is 17.5 Å². The molecule has 0 radical (unpaired) electrons. The van der Waals surface area contributed by atoms with E-state index in [1.807, 2.05) is 0 Å². The molecule has 2 heterocycles. The molecule has 2 atom stereocenters. The van der Waals surface area contributed by atoms with Gasteiger partial charge in [-0.25, -0.2) is 0 Å². The summed E-state index contributed by atoms with van der Waals surface area (Å²) in [7, 11) is 0. The molecule has 1 aromatic rings. The van der Waals surface area contributed by atoms with Crippen LogP contribution < -0.4 is 5.32 Å². The molecule has 5 nitrogen and oxygen atoms in total. The molecular weight excluding hydrogens is 381 g/mol. The van der Waals surface area contributed by atoms with Crippen molar-refractivity contribution in [1.82, 2.24) is 10.2 Å². The van der Waals surface area contributed by atoms with Crippen LogP contribution in [-0.4, -0.2) is 48.2 Å². The summed E-state index contributed by atoms with van der Waals surface area (Å²) in [5.41, 5.74) is 0. The second-order valence-corrected chi connectivity index (χ2v) is 7.98. The lowest BCUT2D eigenvalue weighted by molar-refractivity contribution is -0.190. The summed E-state index contributed by atoms with van der Waals surface area (Å²) in [5.74, 6) is -2.56. The Balaban J connectivity index is 1.88. The monoisotopic (exact) mass is 404 g/mol. The van der Waals surface area contributed by atoms with Crippen LogP contribution in [0, 0.1) is 0 Å². The molecule has 1 saturated carbocycles. The summed E-state index contributed by atoms with van der Waals surface area (Å²) in [4.78, 5) is 26.2. The molecule has 27 heavy (non-hydrogen) atoms. The van der Waals surface area contributed by atoms with Gasteiger partial charge in [0.2, 0.25) is 5.91 Å². The lowest BCUT2D eigenvalue weighted by Crippen LogP contribution is -2.51. The zero-order valence-electron chi connectivity index (χ0n) is 14.8. The zero-order valence-corrected chi connectivity index (χ0v) is 15.7. The number of rotatable bonds is 6. The number of hydrogen-bond donors (Lipinski definition) is 1. The van der Waals surface area contributed by atoms with Gasteiger partial charge in [0, 0.05) is 24.1 Å². The van der Waals surface area contributed by atoms with Gasteiger partial charge in [-0.05, 0) is 37.1 Å². The van der Waals surface area contributed by atoms with E-state index in [9.17, 15) is 22.8 Å². The SMILES string of the molecule is O=C(NC1CCCC1)[C@@H](c1cccs1)N(C[C@@H]1CCCO1)C(=O)C(F)(F)F. The predicted molar refractivity (Wildman–Crippen MR) is 94.2 cm³/mol. The maximum absolute atomic E-state index is 13.3. The Kier molecular flexibility index (Phi) is 6.41. The molecule has 2 amide bonds. The first-order valence-electron chi connectivity index (χ1n) is 9.19. The van der Waals surface area contributed by atoms with Gasteiger partial charge in [0.15, 0.2) is 0 Å². The van der Waals surface area contributed by atoms with Crippen LogP contribution in [0.25, 0.3) is 0 Å². The van der Waals surface area contributed by atoms with Gasteiger partial charge in [-0.15, -0.1) is 11.3 Å². The van der Waals surface area contributed by atoms with E-state index >= 15 is 0 Å². The van der Waals surface area contributed by atoms with E-state index in [-0.39, 0.29) is 12.6 Å². The minimum absolute atomic E-state index is 0.0504. The van der Waals surface area contributed by atoms with Crippen molar-refractivity contribution in [2.24, 2.45) is 0 Å². The zero-order chi connectivity index (χ0) is 19.4. The first-order valence-corrected chi connectivity index (χ1v) is 10.1. The van der Waals surface area contributed by atoms with Gasteiger partial charge in [0.25, 0.3) is 0 Å². The number of nitrogens with zero attached hydrogens (tertiary/aromatic N) is 1. The number of thiophene rings is 1. The number of ether oxygens (including phenoxy) is 1. The highest BCUT2D eigenvalue weighted by molar-refractivity contribution is 7.10. The van der Waals surface area contributed by atoms with Gasteiger partial charge in [0.05, 0.1) is 6.10 Å². The Hall–Kier alpha value is -1.61. The van der Waals surface area contributed by atoms with Crippen LogP contribution in [0.5, 0.6) is 0 Å². The number of nitrogens with one attached hydrogen (secondary N) is 1. The van der Waals surface area contributed by atoms with Gasteiger partial charge in [-0.2, -0.15) is 13.2 Å². The Morgan fingerprint density at radius 1 is 1.26 bits per heavy atom. The van der Waals surface area contributed by atoms with Crippen LogP contribution in [0.3, 0.4) is 0 Å². The normalized spacial score (nSPS) is 22.0. The number of hydrogen-bond acceptors (Lipinski definition) is 4. The van der Waals surface area contributed by atoms with Gasteiger partial charge in [-0.3, -0.25) is 9.59 Å². The molecule has 1 aromatic heterocycles. The van der Waals surface area contributed by atoms with E-state index in [1.165, 1.54) is 11.3 Å². The van der Waals surface area contributed by atoms with Gasteiger partial charge in [0.1, 0.15) is 6.04 Å². The summed E-state index contributed by atoms with van der Waals surface area (Å²) in [6.07, 6.45) is -0.658. The van der Waals surface area contributed by atoms with Gasteiger partial charge < -0.3 is 15.0 Å². The first kappa shape index (κ1) is 20.1. The average Bonchev–Trinajstić information content (AvgIpc) is 3.36. The maximum Gasteiger partial charge on any atom is 0.471 e. The molecule has 1 N–H and O–H groups in total. The van der Waals surface area contributed by atoms with Crippen LogP contribution in [0.15, 0.2) is 17.5 Å². The lowest BCUT2D eigenvalue weighted by atomic mass is 10.1. The van der Waals surface area contributed by atoms with Crippen molar-refractivity contribution in [2.75, 3.05) is 13.2 Å².